The van der Waals surface area contributed by atoms with E-state index in [1.165, 1.54) is 11.8 Å². The number of thiophene rings is 1. The summed E-state index contributed by atoms with van der Waals surface area (Å²) in [6, 6.07) is 1.56. The Morgan fingerprint density at radius 3 is 2.94 bits per heavy atom. The SMILES string of the molecule is Cn1c(CO)nnc1SCc1csc([N+](=O)[O-])c1. The molecule has 0 aliphatic carbocycles. The largest absolute Gasteiger partial charge is 0.388 e. The molecule has 18 heavy (non-hydrogen) atoms. The van der Waals surface area contributed by atoms with Crippen molar-refractivity contribution >= 4 is 28.1 Å². The van der Waals surface area contributed by atoms with Crippen molar-refractivity contribution in [2.24, 2.45) is 7.05 Å². The van der Waals surface area contributed by atoms with E-state index in [-0.39, 0.29) is 11.6 Å². The fourth-order valence-corrected chi connectivity index (χ4v) is 2.98. The van der Waals surface area contributed by atoms with Crippen molar-refractivity contribution < 1.29 is 10.0 Å². The first-order valence-electron chi connectivity index (χ1n) is 4.95. The number of hydrogen-bond acceptors (Lipinski definition) is 7. The third-order valence-electron chi connectivity index (χ3n) is 2.25. The van der Waals surface area contributed by atoms with Gasteiger partial charge in [0.25, 0.3) is 0 Å². The van der Waals surface area contributed by atoms with E-state index >= 15 is 0 Å². The van der Waals surface area contributed by atoms with Gasteiger partial charge in [-0.1, -0.05) is 23.1 Å². The van der Waals surface area contributed by atoms with Gasteiger partial charge in [-0.15, -0.1) is 10.2 Å². The smallest absolute Gasteiger partial charge is 0.324 e. The van der Waals surface area contributed by atoms with Crippen molar-refractivity contribution in [3.8, 4) is 0 Å². The predicted octanol–water partition coefficient (Wildman–Crippen LogP) is 1.57. The molecule has 2 heterocycles. The number of aromatic nitrogens is 3. The van der Waals surface area contributed by atoms with Crippen LogP contribution < -0.4 is 0 Å². The van der Waals surface area contributed by atoms with Gasteiger partial charge in [-0.05, 0) is 5.56 Å². The molecule has 7 nitrogen and oxygen atoms in total. The van der Waals surface area contributed by atoms with E-state index in [0.29, 0.717) is 16.7 Å². The van der Waals surface area contributed by atoms with Crippen molar-refractivity contribution in [2.45, 2.75) is 17.5 Å². The Kier molecular flexibility index (Phi) is 3.94. The lowest BCUT2D eigenvalue weighted by Gasteiger charge is -2.00. The van der Waals surface area contributed by atoms with Gasteiger partial charge in [0.05, 0.1) is 4.92 Å². The average molecular weight is 286 g/mol. The van der Waals surface area contributed by atoms with Crippen LogP contribution in [0.1, 0.15) is 11.4 Å². The molecule has 0 saturated heterocycles. The summed E-state index contributed by atoms with van der Waals surface area (Å²) in [6.45, 7) is -0.159. The van der Waals surface area contributed by atoms with Crippen LogP contribution in [0, 0.1) is 10.1 Å². The van der Waals surface area contributed by atoms with Gasteiger partial charge in [0.1, 0.15) is 6.61 Å². The Hall–Kier alpha value is -1.45. The van der Waals surface area contributed by atoms with E-state index in [0.717, 1.165) is 16.9 Å². The Morgan fingerprint density at radius 2 is 2.39 bits per heavy atom. The third kappa shape index (κ3) is 2.68. The zero-order valence-electron chi connectivity index (χ0n) is 9.44. The normalized spacial score (nSPS) is 10.8. The van der Waals surface area contributed by atoms with Crippen LogP contribution in [-0.4, -0.2) is 24.8 Å². The Balaban J connectivity index is 2.02. The molecule has 0 bridgehead atoms. The highest BCUT2D eigenvalue weighted by Crippen LogP contribution is 2.28. The van der Waals surface area contributed by atoms with Crippen molar-refractivity contribution in [3.05, 3.63) is 32.9 Å². The molecule has 0 aliphatic rings. The molecule has 2 aromatic heterocycles. The maximum absolute atomic E-state index is 10.5. The van der Waals surface area contributed by atoms with Crippen LogP contribution in [-0.2, 0) is 19.4 Å². The molecule has 0 atom stereocenters. The van der Waals surface area contributed by atoms with Gasteiger partial charge in [-0.2, -0.15) is 0 Å². The van der Waals surface area contributed by atoms with Gasteiger partial charge in [0.2, 0.25) is 0 Å². The molecule has 0 unspecified atom stereocenters. The van der Waals surface area contributed by atoms with Gasteiger partial charge in [0.15, 0.2) is 11.0 Å². The van der Waals surface area contributed by atoms with E-state index in [4.69, 9.17) is 5.11 Å². The molecule has 2 aromatic rings. The van der Waals surface area contributed by atoms with Gasteiger partial charge in [-0.25, -0.2) is 0 Å². The Labute approximate surface area is 111 Å². The van der Waals surface area contributed by atoms with Gasteiger partial charge >= 0.3 is 5.00 Å². The van der Waals surface area contributed by atoms with Crippen LogP contribution >= 0.6 is 23.1 Å². The summed E-state index contributed by atoms with van der Waals surface area (Å²) in [5.74, 6) is 1.08. The van der Waals surface area contributed by atoms with Gasteiger partial charge < -0.3 is 9.67 Å². The lowest BCUT2D eigenvalue weighted by molar-refractivity contribution is -0.380. The van der Waals surface area contributed by atoms with Crippen LogP contribution in [0.25, 0.3) is 0 Å². The fourth-order valence-electron chi connectivity index (χ4n) is 1.29. The van der Waals surface area contributed by atoms with E-state index < -0.39 is 4.92 Å². The first-order chi connectivity index (χ1) is 8.61. The summed E-state index contributed by atoms with van der Waals surface area (Å²) in [4.78, 5) is 10.1. The van der Waals surface area contributed by atoms with Crippen LogP contribution in [0.3, 0.4) is 0 Å². The van der Waals surface area contributed by atoms with E-state index in [1.54, 1.807) is 23.1 Å². The minimum absolute atomic E-state index is 0.139. The monoisotopic (exact) mass is 286 g/mol. The molecule has 0 aromatic carbocycles. The molecular weight excluding hydrogens is 276 g/mol. The minimum Gasteiger partial charge on any atom is -0.388 e. The zero-order chi connectivity index (χ0) is 13.1. The molecule has 0 radical (unpaired) electrons. The number of nitrogens with zero attached hydrogens (tertiary/aromatic N) is 4. The van der Waals surface area contributed by atoms with Crippen LogP contribution in [0.15, 0.2) is 16.6 Å². The van der Waals surface area contributed by atoms with Crippen LogP contribution in [0.2, 0.25) is 0 Å². The summed E-state index contributed by atoms with van der Waals surface area (Å²) in [7, 11) is 1.77. The summed E-state index contributed by atoms with van der Waals surface area (Å²) < 4.78 is 1.70. The van der Waals surface area contributed by atoms with E-state index in [1.807, 2.05) is 0 Å². The minimum atomic E-state index is -0.398. The lowest BCUT2D eigenvalue weighted by atomic mass is 10.4. The van der Waals surface area contributed by atoms with Crippen molar-refractivity contribution in [3.63, 3.8) is 0 Å². The highest BCUT2D eigenvalue weighted by molar-refractivity contribution is 7.98. The highest BCUT2D eigenvalue weighted by atomic mass is 32.2. The molecule has 0 aliphatic heterocycles. The maximum atomic E-state index is 10.5. The standard InChI is InChI=1S/C9H10N4O3S2/c1-12-7(3-14)10-11-9(12)18-5-6-2-8(13(15)16)17-4-6/h2,4,14H,3,5H2,1H3. The summed E-state index contributed by atoms with van der Waals surface area (Å²) in [5.41, 5.74) is 0.880. The fraction of sp³-hybridized carbons (Fsp3) is 0.333. The first-order valence-corrected chi connectivity index (χ1v) is 6.82. The molecule has 0 spiro atoms. The molecule has 1 N–H and O–H groups in total. The highest BCUT2D eigenvalue weighted by Gasteiger charge is 2.12. The number of thioether (sulfide) groups is 1. The van der Waals surface area contributed by atoms with Crippen molar-refractivity contribution in [1.29, 1.82) is 0 Å². The summed E-state index contributed by atoms with van der Waals surface area (Å²) >= 11 is 2.54. The predicted molar refractivity (Wildman–Crippen MR) is 67.5 cm³/mol. The number of rotatable bonds is 5. The Bertz CT molecular complexity index is 566. The second-order valence-corrected chi connectivity index (χ2v) is 5.29. The quantitative estimate of drug-likeness (QED) is 0.509. The Morgan fingerprint density at radius 1 is 1.61 bits per heavy atom. The molecule has 0 fully saturated rings. The topological polar surface area (TPSA) is 94.1 Å². The van der Waals surface area contributed by atoms with E-state index in [2.05, 4.69) is 10.2 Å². The number of aliphatic hydroxyl groups excluding tert-OH is 1. The number of aliphatic hydroxyl groups is 1. The molecule has 0 saturated carbocycles. The first kappa shape index (κ1) is 13.0. The molecule has 2 rings (SSSR count). The molecule has 0 amide bonds. The second kappa shape index (κ2) is 5.46. The van der Waals surface area contributed by atoms with E-state index in [9.17, 15) is 10.1 Å². The van der Waals surface area contributed by atoms with Crippen LogP contribution in [0.4, 0.5) is 5.00 Å². The van der Waals surface area contributed by atoms with Gasteiger partial charge in [0, 0.05) is 24.2 Å². The third-order valence-corrected chi connectivity index (χ3v) is 4.27. The molecular formula is C9H10N4O3S2. The average Bonchev–Trinajstić information content (AvgIpc) is 2.93. The molecule has 9 heteroatoms. The van der Waals surface area contributed by atoms with Gasteiger partial charge in [-0.3, -0.25) is 10.1 Å². The summed E-state index contributed by atoms with van der Waals surface area (Å²) in [5, 5.41) is 29.8. The summed E-state index contributed by atoms with van der Waals surface area (Å²) in [6.07, 6.45) is 0. The van der Waals surface area contributed by atoms with Crippen LogP contribution in [0.5, 0.6) is 0 Å². The lowest BCUT2D eigenvalue weighted by Crippen LogP contribution is -1.98. The van der Waals surface area contributed by atoms with Crippen molar-refractivity contribution in [1.82, 2.24) is 14.8 Å². The van der Waals surface area contributed by atoms with Crippen molar-refractivity contribution in [2.75, 3.05) is 0 Å². The molecule has 96 valence electrons. The number of hydrogen-bond donors (Lipinski definition) is 1. The maximum Gasteiger partial charge on any atom is 0.324 e. The zero-order valence-corrected chi connectivity index (χ0v) is 11.1. The number of nitro groups is 1. The second-order valence-electron chi connectivity index (χ2n) is 3.45.